The highest BCUT2D eigenvalue weighted by atomic mass is 35.5. The van der Waals surface area contributed by atoms with Crippen LogP contribution in [0.25, 0.3) is 32.9 Å². The molecule has 152 valence electrons. The Balaban J connectivity index is 1.60. The second kappa shape index (κ2) is 7.67. The summed E-state index contributed by atoms with van der Waals surface area (Å²) in [6.45, 7) is 0. The summed E-state index contributed by atoms with van der Waals surface area (Å²) in [5, 5.41) is 14.0. The van der Waals surface area contributed by atoms with E-state index in [-0.39, 0.29) is 22.1 Å². The monoisotopic (exact) mass is 468 g/mol. The van der Waals surface area contributed by atoms with Crippen molar-refractivity contribution >= 4 is 56.4 Å². The molecule has 0 aliphatic carbocycles. The third-order valence-corrected chi connectivity index (χ3v) is 6.45. The van der Waals surface area contributed by atoms with Gasteiger partial charge in [-0.15, -0.1) is 11.3 Å². The number of nitrogens with one attached hydrogen (secondary N) is 1. The molecule has 0 unspecified atom stereocenters. The zero-order valence-corrected chi connectivity index (χ0v) is 17.8. The van der Waals surface area contributed by atoms with Crippen molar-refractivity contribution in [2.45, 2.75) is 0 Å². The molecule has 6 nitrogen and oxygen atoms in total. The second-order valence-electron chi connectivity index (χ2n) is 6.42. The van der Waals surface area contributed by atoms with Gasteiger partial charge in [0.05, 0.1) is 23.1 Å². The lowest BCUT2D eigenvalue weighted by Gasteiger charge is -2.01. The molecule has 0 fully saturated rings. The fourth-order valence-electron chi connectivity index (χ4n) is 3.21. The number of carbonyl (C=O) groups excluding carboxylic acids is 1. The van der Waals surface area contributed by atoms with Crippen LogP contribution in [0.2, 0.25) is 10.0 Å². The summed E-state index contributed by atoms with van der Waals surface area (Å²) < 4.78 is 17.6. The zero-order valence-electron chi connectivity index (χ0n) is 15.4. The second-order valence-corrected chi connectivity index (χ2v) is 8.28. The first-order valence-corrected chi connectivity index (χ1v) is 10.5. The molecule has 0 radical (unpaired) electrons. The van der Waals surface area contributed by atoms with Crippen molar-refractivity contribution < 1.29 is 18.0 Å². The maximum atomic E-state index is 13.0. The zero-order chi connectivity index (χ0) is 21.5. The molecule has 5 rings (SSSR count). The molecular weight excluding hydrogens is 459 g/mol. The van der Waals surface area contributed by atoms with Gasteiger partial charge in [-0.05, 0) is 36.4 Å². The van der Waals surface area contributed by atoms with Crippen LogP contribution in [0.4, 0.5) is 5.88 Å². The van der Waals surface area contributed by atoms with Gasteiger partial charge in [0, 0.05) is 15.1 Å². The number of fused-ring (bicyclic) bond motifs is 1. The van der Waals surface area contributed by atoms with Crippen LogP contribution < -0.4 is 5.32 Å². The van der Waals surface area contributed by atoms with Gasteiger partial charge in [0.2, 0.25) is 5.88 Å². The van der Waals surface area contributed by atoms with Gasteiger partial charge in [0.15, 0.2) is 11.5 Å². The Kier molecular flexibility index (Phi) is 4.83. The summed E-state index contributed by atoms with van der Waals surface area (Å²) in [7, 11) is 0. The molecule has 4 aromatic heterocycles. The molecule has 1 amide bonds. The van der Waals surface area contributed by atoms with E-state index in [9.17, 15) is 10.1 Å². The highest BCUT2D eigenvalue weighted by Crippen LogP contribution is 2.43. The first-order valence-electron chi connectivity index (χ1n) is 8.90. The minimum Gasteiger partial charge on any atom is -0.464 e. The number of carbonyl (C=O) groups is 1. The Morgan fingerprint density at radius 3 is 2.48 bits per heavy atom. The van der Waals surface area contributed by atoms with E-state index in [0.717, 1.165) is 4.70 Å². The van der Waals surface area contributed by atoms with Crippen molar-refractivity contribution in [3.8, 4) is 28.9 Å². The Morgan fingerprint density at radius 1 is 1.06 bits per heavy atom. The molecule has 31 heavy (non-hydrogen) atoms. The fraction of sp³-hybridized carbons (Fsp3) is 0. The van der Waals surface area contributed by atoms with Crippen LogP contribution in [0.3, 0.4) is 0 Å². The maximum absolute atomic E-state index is 13.0. The summed E-state index contributed by atoms with van der Waals surface area (Å²) in [4.78, 5) is 13.3. The highest BCUT2D eigenvalue weighted by molar-refractivity contribution is 7.21. The van der Waals surface area contributed by atoms with Crippen LogP contribution in [0.5, 0.6) is 0 Å². The summed E-state index contributed by atoms with van der Waals surface area (Å²) in [6, 6.07) is 14.0. The predicted octanol–water partition coefficient (Wildman–Crippen LogP) is 7.45. The SMILES string of the molecule is N#Cc1c(NC(=O)c2sc3cc(Cl)ccc3c2Cl)oc(-c2ccco2)c1-c1ccco1. The number of benzene rings is 1. The molecule has 0 bridgehead atoms. The Hall–Kier alpha value is -3.44. The average molecular weight is 469 g/mol. The molecule has 9 heteroatoms. The van der Waals surface area contributed by atoms with Crippen LogP contribution in [0.1, 0.15) is 15.2 Å². The van der Waals surface area contributed by atoms with Crippen LogP contribution in [-0.4, -0.2) is 5.91 Å². The summed E-state index contributed by atoms with van der Waals surface area (Å²) in [5.74, 6) is 0.516. The lowest BCUT2D eigenvalue weighted by molar-refractivity contribution is 0.102. The van der Waals surface area contributed by atoms with Gasteiger partial charge in [0.1, 0.15) is 22.3 Å². The number of anilines is 1. The number of hydrogen-bond acceptors (Lipinski definition) is 6. The number of thiophene rings is 1. The highest BCUT2D eigenvalue weighted by Gasteiger charge is 2.28. The van der Waals surface area contributed by atoms with Gasteiger partial charge >= 0.3 is 0 Å². The molecule has 0 aliphatic heterocycles. The first-order chi connectivity index (χ1) is 15.1. The molecule has 0 saturated heterocycles. The Morgan fingerprint density at radius 2 is 1.81 bits per heavy atom. The number of nitriles is 1. The number of hydrogen-bond donors (Lipinski definition) is 1. The van der Waals surface area contributed by atoms with Crippen LogP contribution in [-0.2, 0) is 0 Å². The third-order valence-electron chi connectivity index (χ3n) is 4.56. The lowest BCUT2D eigenvalue weighted by atomic mass is 10.1. The topological polar surface area (TPSA) is 92.3 Å². The average Bonchev–Trinajstić information content (AvgIpc) is 3.54. The quantitative estimate of drug-likeness (QED) is 0.295. The largest absolute Gasteiger partial charge is 0.464 e. The summed E-state index contributed by atoms with van der Waals surface area (Å²) in [6.07, 6.45) is 2.96. The van der Waals surface area contributed by atoms with E-state index in [1.54, 1.807) is 42.5 Å². The standard InChI is InChI=1S/C22H10Cl2N2O4S/c23-11-5-6-12-16(9-11)31-20(18(12)24)21(27)26-22-13(10-25)17(14-3-1-7-28-14)19(30-22)15-4-2-8-29-15/h1-9H,(H,26,27). The van der Waals surface area contributed by atoms with Gasteiger partial charge in [-0.3, -0.25) is 10.1 Å². The Labute approximate surface area is 189 Å². The fourth-order valence-corrected chi connectivity index (χ4v) is 4.90. The smallest absolute Gasteiger partial charge is 0.269 e. The van der Waals surface area contributed by atoms with E-state index in [4.69, 9.17) is 36.5 Å². The predicted molar refractivity (Wildman–Crippen MR) is 119 cm³/mol. The Bertz CT molecular complexity index is 1460. The lowest BCUT2D eigenvalue weighted by Crippen LogP contribution is -2.11. The van der Waals surface area contributed by atoms with Gasteiger partial charge in [0.25, 0.3) is 5.91 Å². The summed E-state index contributed by atoms with van der Waals surface area (Å²) >= 11 is 13.7. The molecule has 5 aromatic rings. The van der Waals surface area contributed by atoms with Crippen molar-refractivity contribution in [1.82, 2.24) is 0 Å². The molecule has 4 heterocycles. The molecule has 0 spiro atoms. The molecule has 0 atom stereocenters. The first kappa shape index (κ1) is 19.5. The van der Waals surface area contributed by atoms with E-state index >= 15 is 0 Å². The number of amides is 1. The van der Waals surface area contributed by atoms with E-state index in [1.165, 1.54) is 23.9 Å². The van der Waals surface area contributed by atoms with Crippen LogP contribution in [0.15, 0.2) is 68.2 Å². The van der Waals surface area contributed by atoms with Gasteiger partial charge < -0.3 is 13.3 Å². The van der Waals surface area contributed by atoms with Crippen molar-refractivity contribution in [3.05, 3.63) is 75.5 Å². The molecule has 1 aromatic carbocycles. The minimum atomic E-state index is -0.510. The van der Waals surface area contributed by atoms with Gasteiger partial charge in [-0.1, -0.05) is 29.3 Å². The van der Waals surface area contributed by atoms with E-state index in [2.05, 4.69) is 11.4 Å². The van der Waals surface area contributed by atoms with Crippen molar-refractivity contribution in [1.29, 1.82) is 5.26 Å². The van der Waals surface area contributed by atoms with Gasteiger partial charge in [-0.25, -0.2) is 0 Å². The van der Waals surface area contributed by atoms with Crippen molar-refractivity contribution in [2.75, 3.05) is 5.32 Å². The van der Waals surface area contributed by atoms with Crippen molar-refractivity contribution in [3.63, 3.8) is 0 Å². The van der Waals surface area contributed by atoms with E-state index in [1.807, 2.05) is 0 Å². The molecule has 1 N–H and O–H groups in total. The molecule has 0 saturated carbocycles. The molecular formula is C22H10Cl2N2O4S. The van der Waals surface area contributed by atoms with E-state index in [0.29, 0.717) is 32.5 Å². The minimum absolute atomic E-state index is 0.0307. The number of halogens is 2. The van der Waals surface area contributed by atoms with Crippen LogP contribution in [0, 0.1) is 11.3 Å². The maximum Gasteiger partial charge on any atom is 0.269 e. The van der Waals surface area contributed by atoms with Gasteiger partial charge in [-0.2, -0.15) is 5.26 Å². The number of rotatable bonds is 4. The van der Waals surface area contributed by atoms with E-state index < -0.39 is 5.91 Å². The van der Waals surface area contributed by atoms with Crippen molar-refractivity contribution in [2.24, 2.45) is 0 Å². The summed E-state index contributed by atoms with van der Waals surface area (Å²) in [5.41, 5.74) is 0.488. The van der Waals surface area contributed by atoms with Crippen LogP contribution >= 0.6 is 34.5 Å². The normalized spacial score (nSPS) is 11.0. The third kappa shape index (κ3) is 3.31. The molecule has 0 aliphatic rings. The number of furan rings is 3. The number of nitrogens with zero attached hydrogens (tertiary/aromatic N) is 1.